The molecule has 3 aromatic rings. The van der Waals surface area contributed by atoms with Gasteiger partial charge in [0.1, 0.15) is 11.3 Å². The Bertz CT molecular complexity index is 1010. The van der Waals surface area contributed by atoms with Crippen molar-refractivity contribution < 1.29 is 9.63 Å². The van der Waals surface area contributed by atoms with Crippen LogP contribution < -0.4 is 10.4 Å². The fourth-order valence-corrected chi connectivity index (χ4v) is 3.78. The highest BCUT2D eigenvalue weighted by Gasteiger charge is 2.24. The summed E-state index contributed by atoms with van der Waals surface area (Å²) in [6.07, 6.45) is 1.53. The van der Waals surface area contributed by atoms with Crippen LogP contribution in [-0.2, 0) is 4.84 Å². The predicted octanol–water partition coefficient (Wildman–Crippen LogP) is 4.25. The molecule has 1 amide bonds. The molecule has 0 radical (unpaired) electrons. The van der Waals surface area contributed by atoms with Gasteiger partial charge >= 0.3 is 0 Å². The molecule has 1 atom stereocenters. The molecule has 7 nitrogen and oxygen atoms in total. The number of carbonyl (C=O) groups is 1. The van der Waals surface area contributed by atoms with E-state index in [-0.39, 0.29) is 6.10 Å². The van der Waals surface area contributed by atoms with Crippen molar-refractivity contribution in [1.29, 1.82) is 0 Å². The number of benzene rings is 1. The molecule has 1 aliphatic rings. The summed E-state index contributed by atoms with van der Waals surface area (Å²) < 4.78 is 0. The van der Waals surface area contributed by atoms with E-state index in [9.17, 15) is 4.79 Å². The normalized spacial score (nSPS) is 17.1. The first-order valence-corrected chi connectivity index (χ1v) is 9.80. The summed E-state index contributed by atoms with van der Waals surface area (Å²) in [7, 11) is 0. The summed E-state index contributed by atoms with van der Waals surface area (Å²) in [5.74, 6) is 0.301. The van der Waals surface area contributed by atoms with Gasteiger partial charge in [0, 0.05) is 28.7 Å². The molecule has 4 rings (SSSR count). The Morgan fingerprint density at radius 1 is 1.18 bits per heavy atom. The molecule has 1 aromatic carbocycles. The number of carbonyl (C=O) groups excluding carboxylic acids is 1. The molecule has 0 aliphatic carbocycles. The number of hydrogen-bond donors (Lipinski definition) is 2. The number of anilines is 1. The highest BCUT2D eigenvalue weighted by molar-refractivity contribution is 6.35. The van der Waals surface area contributed by atoms with Crippen molar-refractivity contribution in [2.75, 3.05) is 18.0 Å². The largest absolute Gasteiger partial charge is 0.340 e. The Morgan fingerprint density at radius 2 is 1.96 bits per heavy atom. The van der Waals surface area contributed by atoms with Gasteiger partial charge in [0.25, 0.3) is 5.91 Å². The summed E-state index contributed by atoms with van der Waals surface area (Å²) in [5.41, 5.74) is 4.20. The topological polar surface area (TPSA) is 83.1 Å². The van der Waals surface area contributed by atoms with E-state index in [1.165, 1.54) is 12.1 Å². The molecule has 1 fully saturated rings. The zero-order valence-corrected chi connectivity index (χ0v) is 16.9. The van der Waals surface area contributed by atoms with Crippen molar-refractivity contribution in [1.82, 2.24) is 20.4 Å². The second-order valence-electron chi connectivity index (χ2n) is 6.48. The van der Waals surface area contributed by atoms with Crippen LogP contribution in [-0.4, -0.2) is 40.1 Å². The molecule has 3 heterocycles. The lowest BCUT2D eigenvalue weighted by atomic mass is 10.1. The third-order valence-electron chi connectivity index (χ3n) is 4.42. The maximum atomic E-state index is 12.3. The number of hydrogen-bond acceptors (Lipinski definition) is 5. The van der Waals surface area contributed by atoms with E-state index in [2.05, 4.69) is 25.3 Å². The number of halogens is 3. The first-order valence-electron chi connectivity index (χ1n) is 8.67. The van der Waals surface area contributed by atoms with Crippen LogP contribution in [0.4, 0.5) is 5.95 Å². The maximum Gasteiger partial charge on any atom is 0.274 e. The van der Waals surface area contributed by atoms with Gasteiger partial charge in [0.2, 0.25) is 5.95 Å². The zero-order chi connectivity index (χ0) is 19.7. The molecule has 2 N–H and O–H groups in total. The molecular weight excluding hydrogens is 425 g/mol. The van der Waals surface area contributed by atoms with Gasteiger partial charge in [0.05, 0.1) is 5.52 Å². The molecule has 10 heteroatoms. The molecule has 2 aromatic heterocycles. The quantitative estimate of drug-likeness (QED) is 0.468. The number of aromatic nitrogens is 3. The molecule has 28 heavy (non-hydrogen) atoms. The summed E-state index contributed by atoms with van der Waals surface area (Å²) in [4.78, 5) is 31.9. The zero-order valence-electron chi connectivity index (χ0n) is 14.6. The summed E-state index contributed by atoms with van der Waals surface area (Å²) in [6.45, 7) is 1.40. The Labute approximate surface area is 175 Å². The van der Waals surface area contributed by atoms with Crippen molar-refractivity contribution >= 4 is 57.8 Å². The summed E-state index contributed by atoms with van der Waals surface area (Å²) in [5, 5.41) is 1.18. The predicted molar refractivity (Wildman–Crippen MR) is 109 cm³/mol. The lowest BCUT2D eigenvalue weighted by molar-refractivity contribution is -0.0211. The number of pyridine rings is 1. The van der Waals surface area contributed by atoms with E-state index in [1.807, 2.05) is 6.07 Å². The standard InChI is InChI=1S/C18H16Cl3N5O2/c19-11-6-10(7-12(20)8-11)17(27)25-28-13-2-1-5-26(9-13)18-22-14-3-4-15(21)23-16(14)24-18/h3-4,6-8,13H,1-2,5,9H2,(H,25,27)(H,22,23,24). The highest BCUT2D eigenvalue weighted by atomic mass is 35.5. The average molecular weight is 441 g/mol. The monoisotopic (exact) mass is 439 g/mol. The van der Waals surface area contributed by atoms with Crippen molar-refractivity contribution in [3.63, 3.8) is 0 Å². The van der Waals surface area contributed by atoms with E-state index >= 15 is 0 Å². The van der Waals surface area contributed by atoms with Crippen LogP contribution in [0.5, 0.6) is 0 Å². The molecular formula is C18H16Cl3N5O2. The van der Waals surface area contributed by atoms with Gasteiger partial charge in [-0.05, 0) is 43.2 Å². The average Bonchev–Trinajstić information content (AvgIpc) is 3.09. The van der Waals surface area contributed by atoms with Crippen molar-refractivity contribution in [2.24, 2.45) is 0 Å². The number of aromatic amines is 1. The number of piperidine rings is 1. The Morgan fingerprint density at radius 3 is 2.75 bits per heavy atom. The minimum Gasteiger partial charge on any atom is -0.340 e. The van der Waals surface area contributed by atoms with Crippen molar-refractivity contribution in [3.8, 4) is 0 Å². The molecule has 1 aliphatic heterocycles. The Balaban J connectivity index is 1.40. The molecule has 1 unspecified atom stereocenters. The summed E-state index contributed by atoms with van der Waals surface area (Å²) >= 11 is 17.8. The molecule has 0 spiro atoms. The van der Waals surface area contributed by atoms with Crippen molar-refractivity contribution in [3.05, 3.63) is 51.1 Å². The second-order valence-corrected chi connectivity index (χ2v) is 7.74. The van der Waals surface area contributed by atoms with Gasteiger partial charge in [-0.1, -0.05) is 34.8 Å². The SMILES string of the molecule is O=C(NOC1CCCN(c2nc3nc(Cl)ccc3[nH]2)C1)c1cc(Cl)cc(Cl)c1. The first-order chi connectivity index (χ1) is 13.5. The number of rotatable bonds is 4. The fraction of sp³-hybridized carbons (Fsp3) is 0.278. The molecule has 1 saturated heterocycles. The number of nitrogens with zero attached hydrogens (tertiary/aromatic N) is 3. The van der Waals surface area contributed by atoms with Gasteiger partial charge in [-0.25, -0.2) is 10.5 Å². The van der Waals surface area contributed by atoms with Crippen LogP contribution in [0.2, 0.25) is 15.2 Å². The smallest absolute Gasteiger partial charge is 0.274 e. The number of amides is 1. The van der Waals surface area contributed by atoms with Gasteiger partial charge in [-0.2, -0.15) is 4.98 Å². The number of H-pyrrole nitrogens is 1. The van der Waals surface area contributed by atoms with Gasteiger partial charge in [-0.3, -0.25) is 9.63 Å². The van der Waals surface area contributed by atoms with Crippen LogP contribution in [0.15, 0.2) is 30.3 Å². The van der Waals surface area contributed by atoms with E-state index in [0.29, 0.717) is 38.9 Å². The molecule has 146 valence electrons. The minimum atomic E-state index is -0.399. The maximum absolute atomic E-state index is 12.3. The van der Waals surface area contributed by atoms with Crippen LogP contribution in [0.25, 0.3) is 11.2 Å². The van der Waals surface area contributed by atoms with E-state index in [1.54, 1.807) is 12.1 Å². The van der Waals surface area contributed by atoms with Crippen LogP contribution in [0, 0.1) is 0 Å². The minimum absolute atomic E-state index is 0.183. The van der Waals surface area contributed by atoms with Crippen molar-refractivity contribution in [2.45, 2.75) is 18.9 Å². The van der Waals surface area contributed by atoms with Gasteiger partial charge in [0.15, 0.2) is 5.65 Å². The number of fused-ring (bicyclic) bond motifs is 1. The number of hydroxylamine groups is 1. The molecule has 0 bridgehead atoms. The van der Waals surface area contributed by atoms with E-state index in [4.69, 9.17) is 39.6 Å². The van der Waals surface area contributed by atoms with Gasteiger partial charge in [-0.15, -0.1) is 0 Å². The van der Waals surface area contributed by atoms with Crippen LogP contribution >= 0.6 is 34.8 Å². The molecule has 0 saturated carbocycles. The number of imidazole rings is 1. The number of nitrogens with one attached hydrogen (secondary N) is 2. The lowest BCUT2D eigenvalue weighted by Gasteiger charge is -2.31. The fourth-order valence-electron chi connectivity index (χ4n) is 3.11. The Kier molecular flexibility index (Phi) is 5.59. The second kappa shape index (κ2) is 8.13. The third kappa shape index (κ3) is 4.33. The van der Waals surface area contributed by atoms with Gasteiger partial charge < -0.3 is 9.88 Å². The van der Waals surface area contributed by atoms with E-state index < -0.39 is 5.91 Å². The van der Waals surface area contributed by atoms with Crippen LogP contribution in [0.3, 0.4) is 0 Å². The first kappa shape index (κ1) is 19.3. The van der Waals surface area contributed by atoms with E-state index in [0.717, 1.165) is 24.9 Å². The highest BCUT2D eigenvalue weighted by Crippen LogP contribution is 2.23. The Hall–Kier alpha value is -2.06. The lowest BCUT2D eigenvalue weighted by Crippen LogP contribution is -2.43. The summed E-state index contributed by atoms with van der Waals surface area (Å²) in [6, 6.07) is 8.19. The van der Waals surface area contributed by atoms with Crippen LogP contribution in [0.1, 0.15) is 23.2 Å². The third-order valence-corrected chi connectivity index (χ3v) is 5.07.